The first-order chi connectivity index (χ1) is 13.3. The van der Waals surface area contributed by atoms with E-state index in [1.165, 1.54) is 0 Å². The maximum absolute atomic E-state index is 12.2. The van der Waals surface area contributed by atoms with Gasteiger partial charge in [0.15, 0.2) is 6.61 Å². The third-order valence-electron chi connectivity index (χ3n) is 4.44. The third kappa shape index (κ3) is 5.85. The first-order valence-electron chi connectivity index (χ1n) is 9.00. The number of nitrogens with one attached hydrogen (secondary N) is 1. The van der Waals surface area contributed by atoms with E-state index >= 15 is 0 Å². The van der Waals surface area contributed by atoms with Crippen LogP contribution in [0.15, 0.2) is 54.6 Å². The van der Waals surface area contributed by atoms with Crippen molar-refractivity contribution in [1.82, 2.24) is 5.32 Å². The predicted octanol–water partition coefficient (Wildman–Crippen LogP) is 3.48. The van der Waals surface area contributed by atoms with Gasteiger partial charge in [0.2, 0.25) is 0 Å². The maximum Gasteiger partial charge on any atom is 0.338 e. The van der Waals surface area contributed by atoms with Gasteiger partial charge in [-0.1, -0.05) is 50.2 Å². The summed E-state index contributed by atoms with van der Waals surface area (Å²) in [5.74, 6) is -0.721. The highest BCUT2D eigenvalue weighted by Crippen LogP contribution is 2.17. The van der Waals surface area contributed by atoms with Crippen LogP contribution in [-0.4, -0.2) is 24.0 Å². The van der Waals surface area contributed by atoms with Crippen molar-refractivity contribution >= 4 is 11.9 Å². The Morgan fingerprint density at radius 3 is 2.50 bits per heavy atom. The Hall–Kier alpha value is -3.33. The fourth-order valence-corrected chi connectivity index (χ4v) is 2.30. The predicted molar refractivity (Wildman–Crippen MR) is 104 cm³/mol. The molecule has 2 aromatic carbocycles. The molecule has 0 spiro atoms. The van der Waals surface area contributed by atoms with Crippen LogP contribution in [0.1, 0.15) is 36.7 Å². The minimum atomic E-state index is -1.02. The number of hydrogen-bond acceptors (Lipinski definition) is 5. The molecule has 0 saturated carbocycles. The summed E-state index contributed by atoms with van der Waals surface area (Å²) in [5.41, 5.74) is 0.275. The largest absolute Gasteiger partial charge is 0.489 e. The minimum Gasteiger partial charge on any atom is -0.489 e. The zero-order valence-corrected chi connectivity index (χ0v) is 16.3. The molecule has 0 aliphatic rings. The number of ether oxygens (including phenoxy) is 2. The molecule has 1 amide bonds. The summed E-state index contributed by atoms with van der Waals surface area (Å²) in [6.07, 6.45) is 0. The number of rotatable bonds is 8. The molecule has 0 unspecified atom stereocenters. The average Bonchev–Trinajstić information content (AvgIpc) is 2.71. The molecule has 6 heteroatoms. The topological polar surface area (TPSA) is 88.4 Å². The van der Waals surface area contributed by atoms with Gasteiger partial charge in [-0.05, 0) is 36.6 Å². The zero-order valence-electron chi connectivity index (χ0n) is 16.3. The Kier molecular flexibility index (Phi) is 7.16. The number of nitriles is 1. The molecule has 0 radical (unpaired) electrons. The molecule has 0 aliphatic heterocycles. The quantitative estimate of drug-likeness (QED) is 0.709. The number of carbonyl (C=O) groups is 2. The van der Waals surface area contributed by atoms with Gasteiger partial charge in [-0.3, -0.25) is 4.79 Å². The molecule has 2 aromatic rings. The fraction of sp³-hybridized carbons (Fsp3) is 0.318. The van der Waals surface area contributed by atoms with E-state index in [9.17, 15) is 14.9 Å². The van der Waals surface area contributed by atoms with Gasteiger partial charge < -0.3 is 14.8 Å². The molecule has 0 aliphatic carbocycles. The van der Waals surface area contributed by atoms with Crippen LogP contribution in [0.2, 0.25) is 0 Å². The maximum atomic E-state index is 12.2. The normalized spacial score (nSPS) is 12.5. The molecule has 0 aromatic heterocycles. The van der Waals surface area contributed by atoms with E-state index in [2.05, 4.69) is 11.4 Å². The van der Waals surface area contributed by atoms with E-state index in [1.54, 1.807) is 31.2 Å². The molecule has 28 heavy (non-hydrogen) atoms. The zero-order chi connectivity index (χ0) is 20.6. The van der Waals surface area contributed by atoms with Gasteiger partial charge in [0, 0.05) is 0 Å². The lowest BCUT2D eigenvalue weighted by atomic mass is 9.90. The van der Waals surface area contributed by atoms with E-state index in [0.29, 0.717) is 12.4 Å². The van der Waals surface area contributed by atoms with Crippen molar-refractivity contribution in [3.8, 4) is 11.8 Å². The van der Waals surface area contributed by atoms with Crippen molar-refractivity contribution in [3.63, 3.8) is 0 Å². The van der Waals surface area contributed by atoms with Gasteiger partial charge >= 0.3 is 5.97 Å². The summed E-state index contributed by atoms with van der Waals surface area (Å²) >= 11 is 0. The highest BCUT2D eigenvalue weighted by atomic mass is 16.5. The summed E-state index contributed by atoms with van der Waals surface area (Å²) in [6, 6.07) is 18.3. The van der Waals surface area contributed by atoms with Crippen LogP contribution in [0, 0.1) is 17.2 Å². The Morgan fingerprint density at radius 1 is 1.14 bits per heavy atom. The lowest BCUT2D eigenvalue weighted by Gasteiger charge is -2.27. The summed E-state index contributed by atoms with van der Waals surface area (Å²) < 4.78 is 10.8. The van der Waals surface area contributed by atoms with E-state index in [0.717, 1.165) is 5.56 Å². The second-order valence-corrected chi connectivity index (χ2v) is 6.90. The molecular formula is C22H24N2O4. The number of nitrogens with zero attached hydrogens (tertiary/aromatic N) is 1. The van der Waals surface area contributed by atoms with Crippen LogP contribution in [0.4, 0.5) is 0 Å². The molecule has 2 rings (SSSR count). The second-order valence-electron chi connectivity index (χ2n) is 6.90. The van der Waals surface area contributed by atoms with Gasteiger partial charge in [0.1, 0.15) is 17.9 Å². The van der Waals surface area contributed by atoms with Crippen LogP contribution in [0.25, 0.3) is 0 Å². The average molecular weight is 380 g/mol. The molecular weight excluding hydrogens is 356 g/mol. The fourth-order valence-electron chi connectivity index (χ4n) is 2.30. The smallest absolute Gasteiger partial charge is 0.338 e. The van der Waals surface area contributed by atoms with Gasteiger partial charge in [0.05, 0.1) is 11.6 Å². The number of hydrogen-bond donors (Lipinski definition) is 1. The van der Waals surface area contributed by atoms with E-state index in [-0.39, 0.29) is 11.5 Å². The van der Waals surface area contributed by atoms with E-state index in [4.69, 9.17) is 9.47 Å². The first kappa shape index (κ1) is 21.0. The van der Waals surface area contributed by atoms with Gasteiger partial charge in [-0.15, -0.1) is 0 Å². The van der Waals surface area contributed by atoms with E-state index in [1.807, 2.05) is 44.2 Å². The Morgan fingerprint density at radius 2 is 1.86 bits per heavy atom. The molecule has 0 fully saturated rings. The van der Waals surface area contributed by atoms with Crippen molar-refractivity contribution in [2.24, 2.45) is 5.92 Å². The van der Waals surface area contributed by atoms with Crippen LogP contribution in [0.3, 0.4) is 0 Å². The Balaban J connectivity index is 1.90. The number of esters is 1. The highest BCUT2D eigenvalue weighted by molar-refractivity contribution is 5.91. The van der Waals surface area contributed by atoms with Crippen molar-refractivity contribution in [1.29, 1.82) is 5.26 Å². The Bertz CT molecular complexity index is 858. The lowest BCUT2D eigenvalue weighted by molar-refractivity contribution is -0.125. The Labute approximate surface area is 165 Å². The monoisotopic (exact) mass is 380 g/mol. The van der Waals surface area contributed by atoms with E-state index < -0.39 is 24.0 Å². The number of amides is 1. The molecule has 0 heterocycles. The SMILES string of the molecule is CC(C)[C@](C)(C#N)NC(=O)COC(=O)c1cccc(OCc2ccccc2)c1. The number of benzene rings is 2. The van der Waals surface area contributed by atoms with Crippen molar-refractivity contribution in [2.45, 2.75) is 32.9 Å². The highest BCUT2D eigenvalue weighted by Gasteiger charge is 2.30. The second kappa shape index (κ2) is 9.56. The minimum absolute atomic E-state index is 0.0874. The molecule has 1 N–H and O–H groups in total. The van der Waals surface area contributed by atoms with Crippen LogP contribution in [0.5, 0.6) is 5.75 Å². The summed E-state index contributed by atoms with van der Waals surface area (Å²) in [5, 5.41) is 11.8. The lowest BCUT2D eigenvalue weighted by Crippen LogP contribution is -2.50. The number of carbonyl (C=O) groups excluding carboxylic acids is 2. The summed E-state index contributed by atoms with van der Waals surface area (Å²) in [7, 11) is 0. The molecule has 0 saturated heterocycles. The van der Waals surface area contributed by atoms with Crippen molar-refractivity contribution in [2.75, 3.05) is 6.61 Å². The summed E-state index contributed by atoms with van der Waals surface area (Å²) in [4.78, 5) is 24.2. The summed E-state index contributed by atoms with van der Waals surface area (Å²) in [6.45, 7) is 5.21. The van der Waals surface area contributed by atoms with Crippen molar-refractivity contribution in [3.05, 3.63) is 65.7 Å². The van der Waals surface area contributed by atoms with Crippen LogP contribution in [-0.2, 0) is 16.1 Å². The first-order valence-corrected chi connectivity index (χ1v) is 9.00. The molecule has 6 nitrogen and oxygen atoms in total. The van der Waals surface area contributed by atoms with Gasteiger partial charge in [-0.2, -0.15) is 5.26 Å². The van der Waals surface area contributed by atoms with Crippen molar-refractivity contribution < 1.29 is 19.1 Å². The molecule has 0 bridgehead atoms. The van der Waals surface area contributed by atoms with Gasteiger partial charge in [-0.25, -0.2) is 4.79 Å². The third-order valence-corrected chi connectivity index (χ3v) is 4.44. The van der Waals surface area contributed by atoms with Crippen LogP contribution >= 0.6 is 0 Å². The van der Waals surface area contributed by atoms with Gasteiger partial charge in [0.25, 0.3) is 5.91 Å². The van der Waals surface area contributed by atoms with Crippen LogP contribution < -0.4 is 10.1 Å². The standard InChI is InChI=1S/C22H24N2O4/c1-16(2)22(3,15-23)24-20(25)14-28-21(26)18-10-7-11-19(12-18)27-13-17-8-5-4-6-9-17/h4-12,16H,13-14H2,1-3H3,(H,24,25)/t22-/m0/s1. The molecule has 146 valence electrons. The molecule has 1 atom stereocenters.